The molecule has 0 aromatic heterocycles. The van der Waals surface area contributed by atoms with Gasteiger partial charge in [-0.1, -0.05) is 39.4 Å². The van der Waals surface area contributed by atoms with E-state index in [1.807, 2.05) is 0 Å². The van der Waals surface area contributed by atoms with Crippen molar-refractivity contribution < 1.29 is 4.21 Å². The summed E-state index contributed by atoms with van der Waals surface area (Å²) in [5.41, 5.74) is 0. The van der Waals surface area contributed by atoms with Crippen molar-refractivity contribution in [2.45, 2.75) is 33.6 Å². The van der Waals surface area contributed by atoms with Crippen LogP contribution in [0.1, 0.15) is 33.6 Å². The van der Waals surface area contributed by atoms with Gasteiger partial charge < -0.3 is 8.57 Å². The molecule has 0 aromatic carbocycles. The third-order valence-electron chi connectivity index (χ3n) is 2.33. The van der Waals surface area contributed by atoms with Crippen LogP contribution < -0.4 is 0 Å². The molecule has 0 bridgehead atoms. The largest absolute Gasteiger partial charge is 0.444 e. The molecule has 0 saturated heterocycles. The second kappa shape index (κ2) is 6.46. The van der Waals surface area contributed by atoms with E-state index in [0.29, 0.717) is 11.8 Å². The minimum absolute atomic E-state index is 0.698. The first kappa shape index (κ1) is 11.9. The van der Waals surface area contributed by atoms with Crippen molar-refractivity contribution in [2.75, 3.05) is 12.8 Å². The Balaban J connectivity index is 3.81. The first-order chi connectivity index (χ1) is 5.61. The average molecular weight is 190 g/mol. The highest BCUT2D eigenvalue weighted by atomic mass is 32.2. The van der Waals surface area contributed by atoms with Gasteiger partial charge in [-0.05, 0) is 11.8 Å². The summed E-state index contributed by atoms with van der Waals surface area (Å²) in [4.78, 5) is 0. The Morgan fingerprint density at radius 3 is 2.33 bits per heavy atom. The quantitative estimate of drug-likeness (QED) is 0.613. The maximum absolute atomic E-state index is 11.0. The Hall–Kier alpha value is -0.0500. The molecule has 0 unspecified atom stereocenters. The molecule has 0 rings (SSSR count). The Labute approximate surface area is 78.0 Å². The van der Waals surface area contributed by atoms with Crippen molar-refractivity contribution in [1.82, 2.24) is 0 Å². The van der Waals surface area contributed by atoms with Gasteiger partial charge in [-0.25, -0.2) is 0 Å². The smallest absolute Gasteiger partial charge is 0.000781 e. The molecule has 0 fully saturated rings. The summed E-state index contributed by atoms with van der Waals surface area (Å²) in [6.45, 7) is 6.64. The standard InChI is InChI=1S/C9H20NOS/c1-5-9(8(2)3)6-7-12(11)10-4/h8-9H,5-7H2,1-4H3/q-1/t9-/m1/s1. The highest BCUT2D eigenvalue weighted by Gasteiger charge is 2.08. The summed E-state index contributed by atoms with van der Waals surface area (Å²) >= 11 is 0. The van der Waals surface area contributed by atoms with Gasteiger partial charge in [-0.3, -0.25) is 0 Å². The first-order valence-electron chi connectivity index (χ1n) is 4.60. The van der Waals surface area contributed by atoms with Crippen LogP contribution in [0.5, 0.6) is 0 Å². The zero-order valence-corrected chi connectivity index (χ0v) is 9.36. The Kier molecular flexibility index (Phi) is 6.44. The van der Waals surface area contributed by atoms with Crippen LogP contribution in [0.4, 0.5) is 0 Å². The Bertz CT molecular complexity index is 183. The molecule has 1 atom stereocenters. The monoisotopic (exact) mass is 190 g/mol. The Morgan fingerprint density at radius 2 is 2.00 bits per heavy atom. The molecule has 2 nitrogen and oxygen atoms in total. The lowest BCUT2D eigenvalue weighted by Gasteiger charge is -2.19. The second-order valence-electron chi connectivity index (χ2n) is 3.41. The van der Waals surface area contributed by atoms with Crippen molar-refractivity contribution >= 4 is 10.6 Å². The third-order valence-corrected chi connectivity index (χ3v) is 3.33. The van der Waals surface area contributed by atoms with Gasteiger partial charge in [0.15, 0.2) is 0 Å². The van der Waals surface area contributed by atoms with Crippen LogP contribution in [0.2, 0.25) is 0 Å². The molecule has 0 saturated carbocycles. The van der Waals surface area contributed by atoms with E-state index >= 15 is 0 Å². The van der Waals surface area contributed by atoms with Crippen LogP contribution >= 0.6 is 0 Å². The van der Waals surface area contributed by atoms with Crippen molar-refractivity contribution in [3.63, 3.8) is 0 Å². The summed E-state index contributed by atoms with van der Waals surface area (Å²) in [7, 11) is 0.677. The highest BCUT2D eigenvalue weighted by molar-refractivity contribution is 7.74. The van der Waals surface area contributed by atoms with Crippen molar-refractivity contribution in [1.29, 1.82) is 0 Å². The number of hydrogen-bond acceptors (Lipinski definition) is 3. The van der Waals surface area contributed by atoms with E-state index in [9.17, 15) is 4.21 Å². The van der Waals surface area contributed by atoms with Gasteiger partial charge in [0.2, 0.25) is 0 Å². The molecule has 0 amide bonds. The fraction of sp³-hybridized carbons (Fsp3) is 1.00. The molecular weight excluding hydrogens is 170 g/mol. The topological polar surface area (TPSA) is 29.4 Å². The van der Waals surface area contributed by atoms with Crippen LogP contribution in [0.3, 0.4) is 0 Å². The van der Waals surface area contributed by atoms with E-state index in [2.05, 4.69) is 25.1 Å². The molecule has 3 heteroatoms. The van der Waals surface area contributed by atoms with Crippen LogP contribution in [-0.4, -0.2) is 12.8 Å². The van der Waals surface area contributed by atoms with Crippen LogP contribution in [0, 0.1) is 11.8 Å². The second-order valence-corrected chi connectivity index (χ2v) is 4.83. The SMILES string of the molecule is CC[C@H](CC[S-](=O)=NC)C(C)C. The van der Waals surface area contributed by atoms with Crippen molar-refractivity contribution in [3.05, 3.63) is 0 Å². The maximum Gasteiger partial charge on any atom is 0.000781 e. The molecule has 74 valence electrons. The van der Waals surface area contributed by atoms with E-state index in [0.717, 1.165) is 12.2 Å². The lowest BCUT2D eigenvalue weighted by molar-refractivity contribution is 0.363. The fourth-order valence-corrected chi connectivity index (χ4v) is 2.04. The fourth-order valence-electron chi connectivity index (χ4n) is 1.35. The van der Waals surface area contributed by atoms with Gasteiger partial charge in [-0.2, -0.15) is 10.6 Å². The molecule has 12 heavy (non-hydrogen) atoms. The molecule has 0 aliphatic heterocycles. The van der Waals surface area contributed by atoms with Gasteiger partial charge in [0.05, 0.1) is 0 Å². The zero-order valence-electron chi connectivity index (χ0n) is 8.54. The molecule has 0 radical (unpaired) electrons. The molecular formula is C9H20NOS-. The van der Waals surface area contributed by atoms with E-state index in [-0.39, 0.29) is 0 Å². The van der Waals surface area contributed by atoms with Crippen LogP contribution in [0.15, 0.2) is 4.36 Å². The van der Waals surface area contributed by atoms with Gasteiger partial charge >= 0.3 is 0 Å². The molecule has 0 N–H and O–H groups in total. The predicted octanol–water partition coefficient (Wildman–Crippen LogP) is 2.84. The number of rotatable bonds is 5. The molecule has 0 spiro atoms. The molecule has 0 heterocycles. The predicted molar refractivity (Wildman–Crippen MR) is 54.5 cm³/mol. The lowest BCUT2D eigenvalue weighted by Crippen LogP contribution is -2.09. The molecule has 0 aliphatic carbocycles. The highest BCUT2D eigenvalue weighted by Crippen LogP contribution is 2.18. The van der Waals surface area contributed by atoms with Gasteiger partial charge in [0, 0.05) is 7.05 Å². The van der Waals surface area contributed by atoms with Crippen LogP contribution in [-0.2, 0) is 14.8 Å². The van der Waals surface area contributed by atoms with Crippen molar-refractivity contribution in [3.8, 4) is 0 Å². The minimum atomic E-state index is -0.941. The summed E-state index contributed by atoms with van der Waals surface area (Å²) in [5.74, 6) is 2.13. The lowest BCUT2D eigenvalue weighted by atomic mass is 9.91. The van der Waals surface area contributed by atoms with Crippen LogP contribution in [0.25, 0.3) is 0 Å². The van der Waals surface area contributed by atoms with E-state index in [4.69, 9.17) is 0 Å². The van der Waals surface area contributed by atoms with Crippen molar-refractivity contribution in [2.24, 2.45) is 16.2 Å². The zero-order chi connectivity index (χ0) is 9.56. The summed E-state index contributed by atoms with van der Waals surface area (Å²) in [5, 5.41) is 0. The number of hydrogen-bond donors (Lipinski definition) is 0. The molecule has 0 aromatic rings. The van der Waals surface area contributed by atoms with E-state index < -0.39 is 10.6 Å². The normalized spacial score (nSPS) is 16.8. The van der Waals surface area contributed by atoms with Gasteiger partial charge in [-0.15, -0.1) is 0 Å². The summed E-state index contributed by atoms with van der Waals surface area (Å²) in [6, 6.07) is 0. The average Bonchev–Trinajstić information content (AvgIpc) is 2.04. The van der Waals surface area contributed by atoms with E-state index in [1.165, 1.54) is 6.42 Å². The molecule has 0 aliphatic rings. The summed E-state index contributed by atoms with van der Waals surface area (Å²) in [6.07, 6.45) is 2.22. The number of nitrogens with zero attached hydrogens (tertiary/aromatic N) is 1. The van der Waals surface area contributed by atoms with Gasteiger partial charge in [0.25, 0.3) is 0 Å². The van der Waals surface area contributed by atoms with E-state index in [1.54, 1.807) is 7.05 Å². The Morgan fingerprint density at radius 1 is 1.42 bits per heavy atom. The first-order valence-corrected chi connectivity index (χ1v) is 5.87. The minimum Gasteiger partial charge on any atom is -0.444 e. The van der Waals surface area contributed by atoms with Gasteiger partial charge in [0.1, 0.15) is 0 Å². The summed E-state index contributed by atoms with van der Waals surface area (Å²) < 4.78 is 14.7. The third kappa shape index (κ3) is 4.75. The maximum atomic E-state index is 11.0.